The number of hydrogen-bond donors (Lipinski definition) is 1. The van der Waals surface area contributed by atoms with E-state index in [0.717, 1.165) is 6.26 Å². The van der Waals surface area contributed by atoms with Gasteiger partial charge in [-0.05, 0) is 49.4 Å². The van der Waals surface area contributed by atoms with Gasteiger partial charge in [-0.25, -0.2) is 12.8 Å². The lowest BCUT2D eigenvalue weighted by Gasteiger charge is -2.08. The Kier molecular flexibility index (Phi) is 4.45. The molecule has 1 aromatic heterocycles. The number of sulfone groups is 1. The highest BCUT2D eigenvalue weighted by Gasteiger charge is 2.18. The first-order chi connectivity index (χ1) is 12.2. The number of ether oxygens (including phenoxy) is 1. The normalized spacial score (nSPS) is 11.7. The first-order valence-corrected chi connectivity index (χ1v) is 9.54. The molecule has 0 saturated carbocycles. The van der Waals surface area contributed by atoms with Gasteiger partial charge in [0.1, 0.15) is 18.1 Å². The van der Waals surface area contributed by atoms with Crippen LogP contribution in [0.2, 0.25) is 0 Å². The van der Waals surface area contributed by atoms with Crippen LogP contribution in [0.4, 0.5) is 4.39 Å². The molecule has 0 aliphatic carbocycles. The SMILES string of the molecule is Cc1c(Oc2ccc(S(C)(=O)=O)cc2)c2cc(F)ccc2n1CC(=O)O. The summed E-state index contributed by atoms with van der Waals surface area (Å²) < 4.78 is 44.1. The van der Waals surface area contributed by atoms with E-state index in [0.29, 0.717) is 28.1 Å². The Morgan fingerprint density at radius 1 is 1.19 bits per heavy atom. The number of carbonyl (C=O) groups is 1. The van der Waals surface area contributed by atoms with Crippen LogP contribution in [0.5, 0.6) is 11.5 Å². The zero-order valence-corrected chi connectivity index (χ0v) is 14.9. The Labute approximate surface area is 149 Å². The third kappa shape index (κ3) is 3.41. The fourth-order valence-electron chi connectivity index (χ4n) is 2.76. The molecular weight excluding hydrogens is 361 g/mol. The number of nitrogens with zero attached hydrogens (tertiary/aromatic N) is 1. The molecule has 0 saturated heterocycles. The molecule has 1 heterocycles. The first-order valence-electron chi connectivity index (χ1n) is 7.65. The topological polar surface area (TPSA) is 85.6 Å². The van der Waals surface area contributed by atoms with E-state index in [2.05, 4.69) is 0 Å². The van der Waals surface area contributed by atoms with E-state index >= 15 is 0 Å². The first kappa shape index (κ1) is 17.9. The molecule has 0 aliphatic rings. The number of benzene rings is 2. The summed E-state index contributed by atoms with van der Waals surface area (Å²) in [6.45, 7) is 1.39. The molecule has 3 aromatic rings. The standard InChI is InChI=1S/C18H16FNO5S/c1-11-18(25-13-4-6-14(7-5-13)26(2,23)24)15-9-12(19)3-8-16(15)20(11)10-17(21)22/h3-9H,10H2,1-2H3,(H,21,22). The van der Waals surface area contributed by atoms with Crippen LogP contribution in [0.15, 0.2) is 47.4 Å². The van der Waals surface area contributed by atoms with Crippen molar-refractivity contribution in [1.29, 1.82) is 0 Å². The molecule has 0 fully saturated rings. The average molecular weight is 377 g/mol. The predicted molar refractivity (Wildman–Crippen MR) is 93.9 cm³/mol. The molecule has 2 aromatic carbocycles. The van der Waals surface area contributed by atoms with Crippen molar-refractivity contribution in [2.24, 2.45) is 0 Å². The smallest absolute Gasteiger partial charge is 0.323 e. The molecule has 0 radical (unpaired) electrons. The highest BCUT2D eigenvalue weighted by atomic mass is 32.2. The van der Waals surface area contributed by atoms with Crippen molar-refractivity contribution >= 4 is 26.7 Å². The lowest BCUT2D eigenvalue weighted by atomic mass is 10.2. The van der Waals surface area contributed by atoms with E-state index in [9.17, 15) is 17.6 Å². The second kappa shape index (κ2) is 6.45. The molecule has 1 N–H and O–H groups in total. The number of rotatable bonds is 5. The van der Waals surface area contributed by atoms with Crippen LogP contribution in [0, 0.1) is 12.7 Å². The van der Waals surface area contributed by atoms with E-state index < -0.39 is 21.6 Å². The number of carboxylic acids is 1. The molecule has 3 rings (SSSR count). The summed E-state index contributed by atoms with van der Waals surface area (Å²) in [5.41, 5.74) is 1.06. The van der Waals surface area contributed by atoms with Crippen molar-refractivity contribution in [3.63, 3.8) is 0 Å². The summed E-state index contributed by atoms with van der Waals surface area (Å²) in [7, 11) is -3.32. The molecule has 0 spiro atoms. The number of halogens is 1. The molecule has 0 unspecified atom stereocenters. The molecule has 6 nitrogen and oxygen atoms in total. The van der Waals surface area contributed by atoms with Gasteiger partial charge < -0.3 is 14.4 Å². The van der Waals surface area contributed by atoms with Crippen LogP contribution >= 0.6 is 0 Å². The zero-order valence-electron chi connectivity index (χ0n) is 14.1. The van der Waals surface area contributed by atoms with Gasteiger partial charge in [0.15, 0.2) is 15.6 Å². The highest BCUT2D eigenvalue weighted by molar-refractivity contribution is 7.90. The van der Waals surface area contributed by atoms with Gasteiger partial charge in [-0.1, -0.05) is 0 Å². The molecule has 0 atom stereocenters. The number of hydrogen-bond acceptors (Lipinski definition) is 4. The van der Waals surface area contributed by atoms with Crippen LogP contribution in [-0.4, -0.2) is 30.3 Å². The van der Waals surface area contributed by atoms with Crippen molar-refractivity contribution in [2.45, 2.75) is 18.4 Å². The third-order valence-corrected chi connectivity index (χ3v) is 5.12. The Bertz CT molecular complexity index is 1100. The Hall–Kier alpha value is -2.87. The zero-order chi connectivity index (χ0) is 19.1. The molecule has 0 aliphatic heterocycles. The van der Waals surface area contributed by atoms with E-state index in [1.807, 2.05) is 0 Å². The van der Waals surface area contributed by atoms with Gasteiger partial charge in [-0.3, -0.25) is 4.79 Å². The summed E-state index contributed by atoms with van der Waals surface area (Å²) in [6, 6.07) is 9.85. The summed E-state index contributed by atoms with van der Waals surface area (Å²) in [5.74, 6) is -0.812. The second-order valence-corrected chi connectivity index (χ2v) is 7.92. The Morgan fingerprint density at radius 2 is 1.85 bits per heavy atom. The van der Waals surface area contributed by atoms with E-state index in [4.69, 9.17) is 9.84 Å². The quantitative estimate of drug-likeness (QED) is 0.737. The fourth-order valence-corrected chi connectivity index (χ4v) is 3.39. The summed E-state index contributed by atoms with van der Waals surface area (Å²) in [4.78, 5) is 11.3. The van der Waals surface area contributed by atoms with Crippen LogP contribution in [-0.2, 0) is 21.2 Å². The van der Waals surface area contributed by atoms with Crippen LogP contribution in [0.25, 0.3) is 10.9 Å². The van der Waals surface area contributed by atoms with Gasteiger partial charge >= 0.3 is 5.97 Å². The van der Waals surface area contributed by atoms with Crippen LogP contribution in [0.1, 0.15) is 5.69 Å². The van der Waals surface area contributed by atoms with E-state index in [1.54, 1.807) is 6.92 Å². The van der Waals surface area contributed by atoms with Crippen molar-refractivity contribution in [1.82, 2.24) is 4.57 Å². The minimum absolute atomic E-state index is 0.154. The second-order valence-electron chi connectivity index (χ2n) is 5.90. The lowest BCUT2D eigenvalue weighted by molar-refractivity contribution is -0.137. The van der Waals surface area contributed by atoms with E-state index in [-0.39, 0.29) is 11.4 Å². The third-order valence-electron chi connectivity index (χ3n) is 3.99. The van der Waals surface area contributed by atoms with Crippen molar-refractivity contribution in [3.05, 3.63) is 54.0 Å². The molecule has 26 heavy (non-hydrogen) atoms. The summed E-state index contributed by atoms with van der Waals surface area (Å²) in [6.07, 6.45) is 1.11. The lowest BCUT2D eigenvalue weighted by Crippen LogP contribution is -2.09. The number of aromatic nitrogens is 1. The Morgan fingerprint density at radius 3 is 2.42 bits per heavy atom. The number of aliphatic carboxylic acids is 1. The van der Waals surface area contributed by atoms with Crippen molar-refractivity contribution in [3.8, 4) is 11.5 Å². The maximum Gasteiger partial charge on any atom is 0.323 e. The molecule has 8 heteroatoms. The Balaban J connectivity index is 2.08. The average Bonchev–Trinajstić information content (AvgIpc) is 2.79. The van der Waals surface area contributed by atoms with Crippen LogP contribution in [0.3, 0.4) is 0 Å². The van der Waals surface area contributed by atoms with E-state index in [1.165, 1.54) is 47.0 Å². The maximum atomic E-state index is 13.7. The van der Waals surface area contributed by atoms with Crippen LogP contribution < -0.4 is 4.74 Å². The molecule has 136 valence electrons. The highest BCUT2D eigenvalue weighted by Crippen LogP contribution is 2.36. The van der Waals surface area contributed by atoms with Gasteiger partial charge in [-0.15, -0.1) is 0 Å². The van der Waals surface area contributed by atoms with Gasteiger partial charge in [0.25, 0.3) is 0 Å². The van der Waals surface area contributed by atoms with Gasteiger partial charge in [0.2, 0.25) is 0 Å². The maximum absolute atomic E-state index is 13.7. The predicted octanol–water partition coefficient (Wildman–Crippen LogP) is 3.37. The molecule has 0 bridgehead atoms. The van der Waals surface area contributed by atoms with Gasteiger partial charge in [0.05, 0.1) is 16.1 Å². The monoisotopic (exact) mass is 377 g/mol. The van der Waals surface area contributed by atoms with Gasteiger partial charge in [-0.2, -0.15) is 0 Å². The largest absolute Gasteiger partial charge is 0.480 e. The number of fused-ring (bicyclic) bond motifs is 1. The molecule has 0 amide bonds. The summed E-state index contributed by atoms with van der Waals surface area (Å²) in [5, 5.41) is 9.56. The summed E-state index contributed by atoms with van der Waals surface area (Å²) >= 11 is 0. The minimum Gasteiger partial charge on any atom is -0.480 e. The number of carboxylic acid groups (broad SMARTS) is 1. The minimum atomic E-state index is -3.32. The van der Waals surface area contributed by atoms with Crippen molar-refractivity contribution in [2.75, 3.05) is 6.26 Å². The van der Waals surface area contributed by atoms with Gasteiger partial charge in [0, 0.05) is 11.6 Å². The van der Waals surface area contributed by atoms with Crippen molar-refractivity contribution < 1.29 is 27.4 Å². The fraction of sp³-hybridized carbons (Fsp3) is 0.167. The molecular formula is C18H16FNO5S.